The number of fused-ring (bicyclic) bond motifs is 1. The fourth-order valence-corrected chi connectivity index (χ4v) is 6.13. The lowest BCUT2D eigenvalue weighted by atomic mass is 9.97. The van der Waals surface area contributed by atoms with Gasteiger partial charge in [0.15, 0.2) is 0 Å². The monoisotopic (exact) mass is 528 g/mol. The molecule has 0 spiro atoms. The number of allylic oxidation sites excluding steroid dienone is 1. The normalized spacial score (nSPS) is 13.4. The van der Waals surface area contributed by atoms with Crippen LogP contribution in [0, 0.1) is 20.8 Å². The summed E-state index contributed by atoms with van der Waals surface area (Å²) in [4.78, 5) is 32.5. The van der Waals surface area contributed by atoms with E-state index in [2.05, 4.69) is 16.7 Å². The van der Waals surface area contributed by atoms with E-state index >= 15 is 0 Å². The number of nitrogens with zero attached hydrogens (tertiary/aromatic N) is 1. The maximum absolute atomic E-state index is 13.7. The van der Waals surface area contributed by atoms with E-state index in [-0.39, 0.29) is 11.8 Å². The number of furan rings is 1. The van der Waals surface area contributed by atoms with Crippen molar-refractivity contribution in [2.75, 3.05) is 17.6 Å². The Morgan fingerprint density at radius 1 is 1.13 bits per heavy atom. The molecule has 0 saturated heterocycles. The Kier molecular flexibility index (Phi) is 7.33. The number of hydrogen-bond donors (Lipinski definition) is 3. The molecule has 0 atom stereocenters. The van der Waals surface area contributed by atoms with Gasteiger partial charge in [0.2, 0.25) is 0 Å². The molecule has 0 aliphatic heterocycles. The van der Waals surface area contributed by atoms with E-state index in [0.717, 1.165) is 36.1 Å². The number of thiophene rings is 1. The van der Waals surface area contributed by atoms with Gasteiger partial charge >= 0.3 is 0 Å². The molecule has 1 aliphatic rings. The topological polar surface area (TPSA) is 110 Å². The summed E-state index contributed by atoms with van der Waals surface area (Å²) in [5.74, 6) is -0.0502. The molecule has 3 heterocycles. The number of carbonyl (C=O) groups excluding carboxylic acids is 2. The van der Waals surface area contributed by atoms with Crippen LogP contribution in [-0.4, -0.2) is 23.3 Å². The van der Waals surface area contributed by atoms with E-state index in [1.165, 1.54) is 29.8 Å². The first-order chi connectivity index (χ1) is 18.3. The highest BCUT2D eigenvalue weighted by atomic mass is 32.1. The quantitative estimate of drug-likeness (QED) is 0.225. The van der Waals surface area contributed by atoms with Crippen LogP contribution < -0.4 is 16.4 Å². The molecule has 2 amide bonds. The third-order valence-corrected chi connectivity index (χ3v) is 8.10. The van der Waals surface area contributed by atoms with Gasteiger partial charge in [-0.15, -0.1) is 11.3 Å². The molecule has 8 heteroatoms. The average molecular weight is 529 g/mol. The Morgan fingerprint density at radius 2 is 1.97 bits per heavy atom. The Hall–Kier alpha value is -3.91. The zero-order valence-electron chi connectivity index (χ0n) is 21.9. The number of aryl methyl sites for hydroxylation is 3. The molecule has 3 aromatic heterocycles. The predicted molar refractivity (Wildman–Crippen MR) is 154 cm³/mol. The van der Waals surface area contributed by atoms with Crippen molar-refractivity contribution in [2.24, 2.45) is 0 Å². The van der Waals surface area contributed by atoms with E-state index in [0.29, 0.717) is 49.9 Å². The van der Waals surface area contributed by atoms with E-state index in [9.17, 15) is 9.59 Å². The maximum Gasteiger partial charge on any atom is 0.263 e. The van der Waals surface area contributed by atoms with Crippen LogP contribution in [0.3, 0.4) is 0 Å². The van der Waals surface area contributed by atoms with Crippen molar-refractivity contribution >= 4 is 44.7 Å². The number of nitrogens with two attached hydrogens (primary N) is 1. The highest BCUT2D eigenvalue weighted by Crippen LogP contribution is 2.42. The summed E-state index contributed by atoms with van der Waals surface area (Å²) >= 11 is 1.24. The number of nitrogen functional groups attached to an aromatic ring is 1. The van der Waals surface area contributed by atoms with Crippen LogP contribution in [0.15, 0.2) is 52.7 Å². The van der Waals surface area contributed by atoms with Gasteiger partial charge in [0.1, 0.15) is 15.5 Å². The van der Waals surface area contributed by atoms with E-state index in [4.69, 9.17) is 15.1 Å². The van der Waals surface area contributed by atoms with Crippen molar-refractivity contribution in [1.29, 1.82) is 0 Å². The molecule has 38 heavy (non-hydrogen) atoms. The largest absolute Gasteiger partial charge is 0.464 e. The summed E-state index contributed by atoms with van der Waals surface area (Å²) in [6, 6.07) is 9.41. The Morgan fingerprint density at radius 3 is 2.68 bits per heavy atom. The first kappa shape index (κ1) is 25.7. The summed E-state index contributed by atoms with van der Waals surface area (Å²) in [7, 11) is 0. The van der Waals surface area contributed by atoms with Gasteiger partial charge < -0.3 is 20.8 Å². The number of amides is 2. The molecular weight excluding hydrogens is 496 g/mol. The zero-order valence-corrected chi connectivity index (χ0v) is 22.8. The molecule has 0 fully saturated rings. The molecule has 1 aliphatic carbocycles. The van der Waals surface area contributed by atoms with Gasteiger partial charge in [-0.25, -0.2) is 4.98 Å². The molecule has 0 bridgehead atoms. The summed E-state index contributed by atoms with van der Waals surface area (Å²) in [5, 5.41) is 6.60. The fraction of sp³-hybridized carbons (Fsp3) is 0.300. The minimum Gasteiger partial charge on any atom is -0.464 e. The van der Waals surface area contributed by atoms with Crippen LogP contribution in [0.25, 0.3) is 21.5 Å². The van der Waals surface area contributed by atoms with Crippen LogP contribution in [0.4, 0.5) is 11.4 Å². The molecule has 7 nitrogen and oxygen atoms in total. The van der Waals surface area contributed by atoms with Gasteiger partial charge in [0.25, 0.3) is 11.8 Å². The average Bonchev–Trinajstić information content (AvgIpc) is 3.54. The number of hydrogen-bond acceptors (Lipinski definition) is 6. The highest BCUT2D eigenvalue weighted by molar-refractivity contribution is 7.21. The molecule has 4 aromatic rings. The van der Waals surface area contributed by atoms with Crippen molar-refractivity contribution in [3.8, 4) is 11.3 Å². The maximum atomic E-state index is 13.7. The van der Waals surface area contributed by atoms with Gasteiger partial charge in [-0.3, -0.25) is 9.59 Å². The molecule has 5 rings (SSSR count). The van der Waals surface area contributed by atoms with E-state index in [1.807, 2.05) is 32.0 Å². The van der Waals surface area contributed by atoms with Gasteiger partial charge in [0, 0.05) is 23.2 Å². The van der Waals surface area contributed by atoms with Crippen molar-refractivity contribution < 1.29 is 14.0 Å². The number of aromatic nitrogens is 1. The molecule has 0 saturated carbocycles. The van der Waals surface area contributed by atoms with Gasteiger partial charge in [0.05, 0.1) is 23.2 Å². The van der Waals surface area contributed by atoms with Crippen molar-refractivity contribution in [2.45, 2.75) is 52.9 Å². The second kappa shape index (κ2) is 10.8. The van der Waals surface area contributed by atoms with E-state index < -0.39 is 0 Å². The van der Waals surface area contributed by atoms with Crippen LogP contribution in [0.1, 0.15) is 69.0 Å². The summed E-state index contributed by atoms with van der Waals surface area (Å²) < 4.78 is 5.75. The molecule has 4 N–H and O–H groups in total. The van der Waals surface area contributed by atoms with Crippen LogP contribution in [0.2, 0.25) is 0 Å². The number of benzene rings is 1. The number of rotatable bonds is 7. The Labute approximate surface area is 226 Å². The van der Waals surface area contributed by atoms with Crippen LogP contribution >= 0.6 is 11.3 Å². The first-order valence-electron chi connectivity index (χ1n) is 12.9. The third-order valence-electron chi connectivity index (χ3n) is 7.01. The summed E-state index contributed by atoms with van der Waals surface area (Å²) in [6.45, 7) is 6.31. The fourth-order valence-electron chi connectivity index (χ4n) is 5.07. The highest BCUT2D eigenvalue weighted by Gasteiger charge is 2.28. The van der Waals surface area contributed by atoms with Crippen molar-refractivity contribution in [3.63, 3.8) is 0 Å². The number of carbonyl (C=O) groups is 2. The van der Waals surface area contributed by atoms with Gasteiger partial charge in [-0.1, -0.05) is 29.3 Å². The lowest BCUT2D eigenvalue weighted by Crippen LogP contribution is -2.24. The minimum absolute atomic E-state index is 0.230. The standard InChI is InChI=1S/C30H32N4O3S/c1-17-11-12-21(18(2)16-17)34-28(35)23-19(3)33-30-25(24(23)22-10-7-15-37-22)26(31)27(38-30)29(36)32-14-13-20-8-5-4-6-9-20/h7-8,10-12,15-16H,4-6,9,13-14,31H2,1-3H3,(H,32,36)(H,34,35). The Balaban J connectivity index is 1.52. The molecule has 196 valence electrons. The molecule has 0 radical (unpaired) electrons. The van der Waals surface area contributed by atoms with Gasteiger partial charge in [-0.05, 0) is 76.6 Å². The van der Waals surface area contributed by atoms with Crippen molar-refractivity contribution in [1.82, 2.24) is 10.3 Å². The lowest BCUT2D eigenvalue weighted by Gasteiger charge is -2.14. The lowest BCUT2D eigenvalue weighted by molar-refractivity contribution is 0.0958. The smallest absolute Gasteiger partial charge is 0.263 e. The van der Waals surface area contributed by atoms with Crippen LogP contribution in [0.5, 0.6) is 0 Å². The molecule has 0 unspecified atom stereocenters. The van der Waals surface area contributed by atoms with Crippen molar-refractivity contribution in [3.05, 3.63) is 75.5 Å². The second-order valence-corrected chi connectivity index (χ2v) is 10.8. The number of anilines is 2. The molecule has 1 aromatic carbocycles. The van der Waals surface area contributed by atoms with E-state index in [1.54, 1.807) is 25.3 Å². The SMILES string of the molecule is Cc1ccc(NC(=O)c2c(C)nc3sc(C(=O)NCCC4=CCCCC4)c(N)c3c2-c2ccco2)c(C)c1. The second-order valence-electron chi connectivity index (χ2n) is 9.84. The summed E-state index contributed by atoms with van der Waals surface area (Å²) in [6.07, 6.45) is 9.35. The zero-order chi connectivity index (χ0) is 26.8. The Bertz CT molecular complexity index is 1550. The first-order valence-corrected chi connectivity index (χ1v) is 13.8. The third kappa shape index (κ3) is 5.09. The minimum atomic E-state index is -0.312. The number of nitrogens with one attached hydrogen (secondary N) is 2. The molecular formula is C30H32N4O3S. The summed E-state index contributed by atoms with van der Waals surface area (Å²) in [5.41, 5.74) is 12.5. The van der Waals surface area contributed by atoms with Gasteiger partial charge in [-0.2, -0.15) is 0 Å². The number of pyridine rings is 1. The predicted octanol–water partition coefficient (Wildman–Crippen LogP) is 6.94. The van der Waals surface area contributed by atoms with Crippen LogP contribution in [-0.2, 0) is 0 Å².